The Balaban J connectivity index is 1.90. The maximum Gasteiger partial charge on any atom is 0.324 e. The van der Waals surface area contributed by atoms with Crippen LogP contribution in [0.5, 0.6) is 0 Å². The first-order valence-corrected chi connectivity index (χ1v) is 12.9. The van der Waals surface area contributed by atoms with Crippen molar-refractivity contribution in [2.45, 2.75) is 12.8 Å². The summed E-state index contributed by atoms with van der Waals surface area (Å²) in [7, 11) is 0. The van der Waals surface area contributed by atoms with Crippen LogP contribution in [0.1, 0.15) is 28.8 Å². The number of nitrogens with zero attached hydrogens (tertiary/aromatic N) is 4. The van der Waals surface area contributed by atoms with Gasteiger partial charge < -0.3 is 15.5 Å². The molecule has 3 amide bonds. The molecule has 0 spiro atoms. The number of non-ortho nitro benzene ring substituents is 1. The molecule has 0 saturated heterocycles. The molecule has 0 aliphatic rings. The molecule has 3 aromatic carbocycles. The van der Waals surface area contributed by atoms with Crippen molar-refractivity contribution in [2.75, 3.05) is 23.3 Å². The number of para-hydroxylation sites is 1. The van der Waals surface area contributed by atoms with Gasteiger partial charge in [0.25, 0.3) is 11.6 Å². The smallest absolute Gasteiger partial charge is 0.324 e. The average Bonchev–Trinajstić information content (AvgIpc) is 2.95. The van der Waals surface area contributed by atoms with E-state index in [9.17, 15) is 19.7 Å². The summed E-state index contributed by atoms with van der Waals surface area (Å²) in [6.07, 6.45) is 2.05. The van der Waals surface area contributed by atoms with Crippen molar-refractivity contribution in [3.05, 3.63) is 104 Å². The molecule has 0 fully saturated rings. The summed E-state index contributed by atoms with van der Waals surface area (Å²) >= 11 is 12.3. The summed E-state index contributed by atoms with van der Waals surface area (Å²) in [6, 6.07) is 20.5. The predicted octanol–water partition coefficient (Wildman–Crippen LogP) is 6.09. The number of carbonyl (C=O) groups is 2. The van der Waals surface area contributed by atoms with Crippen LogP contribution >= 0.6 is 23.2 Å². The number of rotatable bonds is 11. The standard InChI is InChI=1S/C28H23Cl2N7O4/c29-23-12-11-21(37(40)41)18-22(23)27(38)34-26(35-28(39)33-25-6-2-1-5-24(25)30)17-19-7-9-20(10-8-19)36(15-3-13-31)16-4-14-32/h1-2,5-12,17-18H,3-4,15-16H2,(H,34,38)(H2,33,35,39)/b26-17-. The van der Waals surface area contributed by atoms with Crippen LogP contribution in [-0.2, 0) is 0 Å². The first-order valence-electron chi connectivity index (χ1n) is 12.1. The number of nitro benzene ring substituents is 1. The van der Waals surface area contributed by atoms with Gasteiger partial charge in [0.2, 0.25) is 0 Å². The lowest BCUT2D eigenvalue weighted by molar-refractivity contribution is -0.384. The van der Waals surface area contributed by atoms with Crippen molar-refractivity contribution < 1.29 is 14.5 Å². The predicted molar refractivity (Wildman–Crippen MR) is 156 cm³/mol. The van der Waals surface area contributed by atoms with Gasteiger partial charge in [-0.1, -0.05) is 47.5 Å². The zero-order valence-corrected chi connectivity index (χ0v) is 22.9. The van der Waals surface area contributed by atoms with E-state index in [0.29, 0.717) is 29.4 Å². The Kier molecular flexibility index (Phi) is 11.1. The minimum absolute atomic E-state index is 0.0212. The number of nitriles is 2. The summed E-state index contributed by atoms with van der Waals surface area (Å²) in [5.74, 6) is -0.848. The van der Waals surface area contributed by atoms with Gasteiger partial charge in [-0.25, -0.2) is 4.79 Å². The fourth-order valence-corrected chi connectivity index (χ4v) is 4.01. The second-order valence-corrected chi connectivity index (χ2v) is 9.20. The van der Waals surface area contributed by atoms with E-state index in [1.54, 1.807) is 48.5 Å². The van der Waals surface area contributed by atoms with Gasteiger partial charge in [0, 0.05) is 30.9 Å². The number of urea groups is 1. The number of hydrogen-bond acceptors (Lipinski definition) is 7. The van der Waals surface area contributed by atoms with E-state index < -0.39 is 16.9 Å². The molecule has 3 N–H and O–H groups in total. The van der Waals surface area contributed by atoms with Gasteiger partial charge in [-0.05, 0) is 42.0 Å². The second-order valence-electron chi connectivity index (χ2n) is 8.39. The number of benzene rings is 3. The van der Waals surface area contributed by atoms with Crippen LogP contribution in [0.25, 0.3) is 6.08 Å². The lowest BCUT2D eigenvalue weighted by Gasteiger charge is -2.22. The average molecular weight is 592 g/mol. The molecule has 0 radical (unpaired) electrons. The largest absolute Gasteiger partial charge is 0.369 e. The van der Waals surface area contributed by atoms with Crippen LogP contribution in [0.2, 0.25) is 10.0 Å². The van der Waals surface area contributed by atoms with Crippen LogP contribution in [-0.4, -0.2) is 30.0 Å². The van der Waals surface area contributed by atoms with E-state index in [1.807, 2.05) is 4.90 Å². The molecule has 0 aliphatic carbocycles. The Morgan fingerprint density at radius 2 is 1.59 bits per heavy atom. The van der Waals surface area contributed by atoms with Crippen molar-refractivity contribution in [1.82, 2.24) is 10.6 Å². The fraction of sp³-hybridized carbons (Fsp3) is 0.143. The molecule has 11 nitrogen and oxygen atoms in total. The van der Waals surface area contributed by atoms with E-state index in [-0.39, 0.29) is 34.9 Å². The lowest BCUT2D eigenvalue weighted by atomic mass is 10.1. The molecular weight excluding hydrogens is 569 g/mol. The van der Waals surface area contributed by atoms with E-state index >= 15 is 0 Å². The molecule has 13 heteroatoms. The summed E-state index contributed by atoms with van der Waals surface area (Å²) in [4.78, 5) is 38.3. The Morgan fingerprint density at radius 3 is 2.20 bits per heavy atom. The minimum atomic E-state index is -0.793. The lowest BCUT2D eigenvalue weighted by Crippen LogP contribution is -2.37. The molecule has 0 aliphatic heterocycles. The first-order chi connectivity index (χ1) is 19.7. The van der Waals surface area contributed by atoms with Gasteiger partial charge in [0.1, 0.15) is 5.82 Å². The molecule has 0 saturated carbocycles. The molecule has 0 bridgehead atoms. The number of carbonyl (C=O) groups excluding carboxylic acids is 2. The van der Waals surface area contributed by atoms with E-state index in [4.69, 9.17) is 33.7 Å². The van der Waals surface area contributed by atoms with Crippen molar-refractivity contribution in [1.29, 1.82) is 10.5 Å². The van der Waals surface area contributed by atoms with Gasteiger partial charge in [-0.3, -0.25) is 20.2 Å². The van der Waals surface area contributed by atoms with Crippen LogP contribution < -0.4 is 20.9 Å². The Hall–Kier alpha value is -5.10. The third-order valence-corrected chi connectivity index (χ3v) is 6.24. The quantitative estimate of drug-likeness (QED) is 0.179. The van der Waals surface area contributed by atoms with E-state index in [0.717, 1.165) is 11.8 Å². The normalized spacial score (nSPS) is 10.6. The van der Waals surface area contributed by atoms with Crippen LogP contribution in [0.3, 0.4) is 0 Å². The van der Waals surface area contributed by atoms with Crippen molar-refractivity contribution >= 4 is 58.3 Å². The van der Waals surface area contributed by atoms with Crippen LogP contribution in [0.4, 0.5) is 21.9 Å². The number of amides is 3. The number of nitro groups is 1. The highest BCUT2D eigenvalue weighted by Crippen LogP contribution is 2.23. The maximum atomic E-state index is 13.1. The van der Waals surface area contributed by atoms with Crippen molar-refractivity contribution in [3.63, 3.8) is 0 Å². The number of halogens is 2. The Bertz CT molecular complexity index is 1530. The van der Waals surface area contributed by atoms with Gasteiger partial charge >= 0.3 is 6.03 Å². The van der Waals surface area contributed by atoms with Gasteiger partial charge in [-0.2, -0.15) is 10.5 Å². The van der Waals surface area contributed by atoms with Crippen molar-refractivity contribution in [3.8, 4) is 12.1 Å². The zero-order valence-electron chi connectivity index (χ0n) is 21.4. The molecule has 0 atom stereocenters. The molecule has 0 heterocycles. The molecule has 41 heavy (non-hydrogen) atoms. The Labute approximate surface area is 245 Å². The molecule has 208 valence electrons. The van der Waals surface area contributed by atoms with Crippen molar-refractivity contribution in [2.24, 2.45) is 0 Å². The molecule has 3 rings (SSSR count). The van der Waals surface area contributed by atoms with E-state index in [1.165, 1.54) is 18.2 Å². The maximum absolute atomic E-state index is 13.1. The second kappa shape index (κ2) is 14.9. The highest BCUT2D eigenvalue weighted by molar-refractivity contribution is 6.34. The minimum Gasteiger partial charge on any atom is -0.369 e. The summed E-state index contributed by atoms with van der Waals surface area (Å²) in [5, 5.41) is 37.1. The van der Waals surface area contributed by atoms with E-state index in [2.05, 4.69) is 28.1 Å². The molecule has 3 aromatic rings. The molecule has 0 aromatic heterocycles. The monoisotopic (exact) mass is 591 g/mol. The fourth-order valence-electron chi connectivity index (χ4n) is 3.62. The Morgan fingerprint density at radius 1 is 0.927 bits per heavy atom. The SMILES string of the molecule is N#CCCN(CCC#N)c1ccc(/C=C(\NC(=O)Nc2ccccc2Cl)NC(=O)c2cc([N+](=O)[O-])ccc2Cl)cc1. The number of anilines is 2. The number of hydrogen-bond donors (Lipinski definition) is 3. The first kappa shape index (κ1) is 30.4. The molecular formula is C28H23Cl2N7O4. The number of nitrogens with one attached hydrogen (secondary N) is 3. The highest BCUT2D eigenvalue weighted by Gasteiger charge is 2.18. The van der Waals surface area contributed by atoms with Crippen LogP contribution in [0.15, 0.2) is 72.6 Å². The summed E-state index contributed by atoms with van der Waals surface area (Å²) in [5.41, 5.74) is 1.19. The topological polar surface area (TPSA) is 164 Å². The van der Waals surface area contributed by atoms with Gasteiger partial charge in [-0.15, -0.1) is 0 Å². The third-order valence-electron chi connectivity index (χ3n) is 5.58. The summed E-state index contributed by atoms with van der Waals surface area (Å²) in [6.45, 7) is 0.894. The third kappa shape index (κ3) is 8.97. The molecule has 0 unspecified atom stereocenters. The zero-order chi connectivity index (χ0) is 29.8. The van der Waals surface area contributed by atoms with Gasteiger partial charge in [0.05, 0.1) is 51.2 Å². The van der Waals surface area contributed by atoms with Crippen LogP contribution in [0, 0.1) is 32.8 Å². The van der Waals surface area contributed by atoms with Gasteiger partial charge in [0.15, 0.2) is 0 Å². The summed E-state index contributed by atoms with van der Waals surface area (Å²) < 4.78 is 0. The highest BCUT2D eigenvalue weighted by atomic mass is 35.5.